The summed E-state index contributed by atoms with van der Waals surface area (Å²) in [6.45, 7) is -0.0295. The predicted octanol–water partition coefficient (Wildman–Crippen LogP) is 3.47. The zero-order valence-electron chi connectivity index (χ0n) is 11.7. The molecule has 1 aromatic heterocycles. The third-order valence-electron chi connectivity index (χ3n) is 4.20. The first kappa shape index (κ1) is 14.5. The summed E-state index contributed by atoms with van der Waals surface area (Å²) in [6.07, 6.45) is 4.83. The third kappa shape index (κ3) is 2.94. The molecule has 112 valence electrons. The standard InChI is InChI=1S/C16H18FNO2S/c17-12-5-4-11-8-14(21-13(11)9-12)15(20)18-16(10-19)6-2-1-3-7-16/h4-5,8-9,19H,1-3,6-7,10H2,(H,18,20). The first-order chi connectivity index (χ1) is 10.1. The molecule has 2 N–H and O–H groups in total. The Morgan fingerprint density at radius 3 is 2.76 bits per heavy atom. The molecule has 0 aliphatic heterocycles. The largest absolute Gasteiger partial charge is 0.394 e. The average Bonchev–Trinajstić information content (AvgIpc) is 2.91. The molecule has 0 unspecified atom stereocenters. The minimum Gasteiger partial charge on any atom is -0.394 e. The maximum atomic E-state index is 13.2. The van der Waals surface area contributed by atoms with Crippen molar-refractivity contribution in [2.75, 3.05) is 6.61 Å². The number of carbonyl (C=O) groups excluding carboxylic acids is 1. The van der Waals surface area contributed by atoms with Gasteiger partial charge in [-0.25, -0.2) is 4.39 Å². The van der Waals surface area contributed by atoms with Gasteiger partial charge in [-0.2, -0.15) is 0 Å². The van der Waals surface area contributed by atoms with Gasteiger partial charge in [0, 0.05) is 4.70 Å². The molecule has 1 fully saturated rings. The number of hydrogen-bond donors (Lipinski definition) is 2. The quantitative estimate of drug-likeness (QED) is 0.912. The van der Waals surface area contributed by atoms with Crippen LogP contribution in [0.5, 0.6) is 0 Å². The fraction of sp³-hybridized carbons (Fsp3) is 0.438. The van der Waals surface area contributed by atoms with Crippen molar-refractivity contribution in [3.05, 3.63) is 35.0 Å². The Hall–Kier alpha value is -1.46. The van der Waals surface area contributed by atoms with Gasteiger partial charge in [0.15, 0.2) is 0 Å². The fourth-order valence-corrected chi connectivity index (χ4v) is 3.95. The summed E-state index contributed by atoms with van der Waals surface area (Å²) in [4.78, 5) is 13.0. The molecule has 0 atom stereocenters. The summed E-state index contributed by atoms with van der Waals surface area (Å²) in [5.41, 5.74) is -0.489. The van der Waals surface area contributed by atoms with E-state index in [9.17, 15) is 14.3 Å². The number of amides is 1. The lowest BCUT2D eigenvalue weighted by Gasteiger charge is -2.36. The molecule has 1 saturated carbocycles. The second-order valence-corrected chi connectivity index (χ2v) is 6.83. The second kappa shape index (κ2) is 5.73. The van der Waals surface area contributed by atoms with Crippen LogP contribution in [0.15, 0.2) is 24.3 Å². The maximum Gasteiger partial charge on any atom is 0.261 e. The topological polar surface area (TPSA) is 49.3 Å². The van der Waals surface area contributed by atoms with Crippen LogP contribution in [0.4, 0.5) is 4.39 Å². The number of benzene rings is 1. The highest BCUT2D eigenvalue weighted by molar-refractivity contribution is 7.20. The van der Waals surface area contributed by atoms with Crippen LogP contribution < -0.4 is 5.32 Å². The van der Waals surface area contributed by atoms with Gasteiger partial charge < -0.3 is 10.4 Å². The van der Waals surface area contributed by atoms with Gasteiger partial charge in [-0.05, 0) is 36.4 Å². The van der Waals surface area contributed by atoms with Crippen LogP contribution in [0.25, 0.3) is 10.1 Å². The number of fused-ring (bicyclic) bond motifs is 1. The van der Waals surface area contributed by atoms with E-state index >= 15 is 0 Å². The highest BCUT2D eigenvalue weighted by Crippen LogP contribution is 2.30. The molecule has 5 heteroatoms. The van der Waals surface area contributed by atoms with E-state index in [-0.39, 0.29) is 18.3 Å². The average molecular weight is 307 g/mol. The number of halogens is 1. The summed E-state index contributed by atoms with van der Waals surface area (Å²) in [6, 6.07) is 6.30. The summed E-state index contributed by atoms with van der Waals surface area (Å²) < 4.78 is 14.0. The van der Waals surface area contributed by atoms with E-state index in [0.29, 0.717) is 4.88 Å². The predicted molar refractivity (Wildman–Crippen MR) is 82.2 cm³/mol. The Morgan fingerprint density at radius 1 is 1.29 bits per heavy atom. The molecule has 1 amide bonds. The SMILES string of the molecule is O=C(NC1(CO)CCCCC1)c1cc2ccc(F)cc2s1. The van der Waals surface area contributed by atoms with Crippen molar-refractivity contribution in [1.82, 2.24) is 5.32 Å². The van der Waals surface area contributed by atoms with Crippen LogP contribution in [0.1, 0.15) is 41.8 Å². The van der Waals surface area contributed by atoms with E-state index in [1.165, 1.54) is 23.5 Å². The van der Waals surface area contributed by atoms with Crippen molar-refractivity contribution in [2.24, 2.45) is 0 Å². The van der Waals surface area contributed by atoms with Crippen LogP contribution >= 0.6 is 11.3 Å². The molecule has 1 heterocycles. The molecule has 0 saturated heterocycles. The normalized spacial score (nSPS) is 17.8. The molecule has 1 aliphatic rings. The lowest BCUT2D eigenvalue weighted by Crippen LogP contribution is -2.52. The first-order valence-corrected chi connectivity index (χ1v) is 8.06. The van der Waals surface area contributed by atoms with Crippen LogP contribution in [0.3, 0.4) is 0 Å². The van der Waals surface area contributed by atoms with Crippen LogP contribution in [0, 0.1) is 5.82 Å². The minimum atomic E-state index is -0.489. The minimum absolute atomic E-state index is 0.0295. The van der Waals surface area contributed by atoms with Gasteiger partial charge in [0.05, 0.1) is 17.0 Å². The zero-order chi connectivity index (χ0) is 14.9. The molecule has 3 nitrogen and oxygen atoms in total. The van der Waals surface area contributed by atoms with Crippen molar-refractivity contribution >= 4 is 27.3 Å². The maximum absolute atomic E-state index is 13.2. The Morgan fingerprint density at radius 2 is 2.05 bits per heavy atom. The van der Waals surface area contributed by atoms with Gasteiger partial charge in [-0.15, -0.1) is 11.3 Å². The van der Waals surface area contributed by atoms with Crippen molar-refractivity contribution < 1.29 is 14.3 Å². The van der Waals surface area contributed by atoms with Crippen LogP contribution in [0.2, 0.25) is 0 Å². The van der Waals surface area contributed by atoms with Crippen molar-refractivity contribution in [2.45, 2.75) is 37.6 Å². The Kier molecular flexibility index (Phi) is 3.95. The number of nitrogens with one attached hydrogen (secondary N) is 1. The molecular formula is C16H18FNO2S. The van der Waals surface area contributed by atoms with Gasteiger partial charge in [0.25, 0.3) is 5.91 Å². The number of carbonyl (C=O) groups is 1. The number of rotatable bonds is 3. The van der Waals surface area contributed by atoms with Crippen LogP contribution in [-0.4, -0.2) is 23.2 Å². The van der Waals surface area contributed by atoms with Crippen molar-refractivity contribution in [1.29, 1.82) is 0 Å². The molecule has 21 heavy (non-hydrogen) atoms. The number of aliphatic hydroxyl groups is 1. The van der Waals surface area contributed by atoms with Gasteiger partial charge in [-0.3, -0.25) is 4.79 Å². The second-order valence-electron chi connectivity index (χ2n) is 5.75. The summed E-state index contributed by atoms with van der Waals surface area (Å²) in [7, 11) is 0. The Balaban J connectivity index is 1.82. The molecule has 1 aromatic carbocycles. The van der Waals surface area contributed by atoms with Gasteiger partial charge in [0.2, 0.25) is 0 Å². The van der Waals surface area contributed by atoms with E-state index in [0.717, 1.165) is 42.2 Å². The van der Waals surface area contributed by atoms with E-state index < -0.39 is 5.54 Å². The Labute approximate surface area is 126 Å². The molecular weight excluding hydrogens is 289 g/mol. The fourth-order valence-electron chi connectivity index (χ4n) is 2.97. The summed E-state index contributed by atoms with van der Waals surface area (Å²) in [5, 5.41) is 13.5. The molecule has 0 radical (unpaired) electrons. The summed E-state index contributed by atoms with van der Waals surface area (Å²) >= 11 is 1.28. The first-order valence-electron chi connectivity index (χ1n) is 7.24. The van der Waals surface area contributed by atoms with Crippen molar-refractivity contribution in [3.63, 3.8) is 0 Å². The van der Waals surface area contributed by atoms with E-state index in [2.05, 4.69) is 5.32 Å². The van der Waals surface area contributed by atoms with Gasteiger partial charge >= 0.3 is 0 Å². The van der Waals surface area contributed by atoms with Crippen molar-refractivity contribution in [3.8, 4) is 0 Å². The number of hydrogen-bond acceptors (Lipinski definition) is 3. The number of aliphatic hydroxyl groups excluding tert-OH is 1. The lowest BCUT2D eigenvalue weighted by molar-refractivity contribution is 0.0762. The van der Waals surface area contributed by atoms with Crippen LogP contribution in [-0.2, 0) is 0 Å². The molecule has 3 rings (SSSR count). The molecule has 1 aliphatic carbocycles. The smallest absolute Gasteiger partial charge is 0.261 e. The highest BCUT2D eigenvalue weighted by Gasteiger charge is 2.33. The monoisotopic (exact) mass is 307 g/mol. The highest BCUT2D eigenvalue weighted by atomic mass is 32.1. The lowest BCUT2D eigenvalue weighted by atomic mass is 9.82. The zero-order valence-corrected chi connectivity index (χ0v) is 12.5. The third-order valence-corrected chi connectivity index (χ3v) is 5.29. The van der Waals surface area contributed by atoms with Gasteiger partial charge in [0.1, 0.15) is 5.82 Å². The molecule has 2 aromatic rings. The molecule has 0 bridgehead atoms. The molecule has 0 spiro atoms. The van der Waals surface area contributed by atoms with Gasteiger partial charge in [-0.1, -0.05) is 25.3 Å². The van der Waals surface area contributed by atoms with E-state index in [1.54, 1.807) is 12.1 Å². The summed E-state index contributed by atoms with van der Waals surface area (Å²) in [5.74, 6) is -0.469. The number of thiophene rings is 1. The Bertz CT molecular complexity index is 661. The van der Waals surface area contributed by atoms with E-state index in [1.807, 2.05) is 0 Å². The van der Waals surface area contributed by atoms with E-state index in [4.69, 9.17) is 0 Å².